The van der Waals surface area contributed by atoms with Gasteiger partial charge in [-0.15, -0.1) is 0 Å². The maximum atomic E-state index is 5.49. The molecule has 1 unspecified atom stereocenters. The van der Waals surface area contributed by atoms with Gasteiger partial charge in [0, 0.05) is 14.9 Å². The lowest BCUT2D eigenvalue weighted by molar-refractivity contribution is 0.351. The number of methoxy groups -OCH3 is 2. The van der Waals surface area contributed by atoms with Gasteiger partial charge in [-0.3, -0.25) is 0 Å². The van der Waals surface area contributed by atoms with Crippen LogP contribution in [0.15, 0.2) is 46.9 Å². The fourth-order valence-electron chi connectivity index (χ4n) is 2.14. The predicted octanol–water partition coefficient (Wildman–Crippen LogP) is 5.15. The van der Waals surface area contributed by atoms with Crippen molar-refractivity contribution in [3.8, 4) is 11.5 Å². The molecule has 0 fully saturated rings. The smallest absolute Gasteiger partial charge is 0.165 e. The maximum Gasteiger partial charge on any atom is 0.165 e. The van der Waals surface area contributed by atoms with Crippen molar-refractivity contribution in [1.82, 2.24) is 0 Å². The Bertz CT molecular complexity index is 584. The van der Waals surface area contributed by atoms with Crippen molar-refractivity contribution in [2.75, 3.05) is 14.2 Å². The van der Waals surface area contributed by atoms with Crippen LogP contribution in [0.2, 0.25) is 0 Å². The number of rotatable bonds is 5. The van der Waals surface area contributed by atoms with Crippen LogP contribution in [0.1, 0.15) is 16.0 Å². The highest BCUT2D eigenvalue weighted by molar-refractivity contribution is 9.10. The van der Waals surface area contributed by atoms with Gasteiger partial charge in [0.25, 0.3) is 0 Å². The third-order valence-electron chi connectivity index (χ3n) is 3.07. The van der Waals surface area contributed by atoms with Crippen molar-refractivity contribution < 1.29 is 9.47 Å². The second-order valence-electron chi connectivity index (χ2n) is 4.38. The minimum Gasteiger partial charge on any atom is -0.493 e. The largest absolute Gasteiger partial charge is 0.493 e. The summed E-state index contributed by atoms with van der Waals surface area (Å²) in [6.45, 7) is 0. The molecule has 0 N–H and O–H groups in total. The fourth-order valence-corrected chi connectivity index (χ4v) is 3.32. The molecule has 0 bridgehead atoms. The van der Waals surface area contributed by atoms with Crippen molar-refractivity contribution in [3.05, 3.63) is 58.1 Å². The Morgan fingerprint density at radius 3 is 2.45 bits per heavy atom. The van der Waals surface area contributed by atoms with Crippen molar-refractivity contribution in [2.45, 2.75) is 11.2 Å². The van der Waals surface area contributed by atoms with E-state index in [2.05, 4.69) is 50.1 Å². The number of para-hydroxylation sites is 1. The summed E-state index contributed by atoms with van der Waals surface area (Å²) in [4.78, 5) is 0.168. The molecular formula is C16H16Br2O2. The van der Waals surface area contributed by atoms with Gasteiger partial charge in [0.2, 0.25) is 0 Å². The van der Waals surface area contributed by atoms with Crippen molar-refractivity contribution >= 4 is 31.9 Å². The zero-order valence-electron chi connectivity index (χ0n) is 11.4. The monoisotopic (exact) mass is 398 g/mol. The van der Waals surface area contributed by atoms with Gasteiger partial charge in [-0.2, -0.15) is 0 Å². The Balaban J connectivity index is 2.27. The first-order chi connectivity index (χ1) is 9.65. The molecule has 0 aliphatic rings. The van der Waals surface area contributed by atoms with Crippen LogP contribution in [-0.2, 0) is 6.42 Å². The molecule has 0 amide bonds. The van der Waals surface area contributed by atoms with E-state index in [0.29, 0.717) is 0 Å². The predicted molar refractivity (Wildman–Crippen MR) is 89.1 cm³/mol. The molecule has 0 aliphatic carbocycles. The second kappa shape index (κ2) is 7.14. The lowest BCUT2D eigenvalue weighted by Crippen LogP contribution is -2.00. The van der Waals surface area contributed by atoms with E-state index < -0.39 is 0 Å². The summed E-state index contributed by atoms with van der Waals surface area (Å²) in [7, 11) is 3.32. The van der Waals surface area contributed by atoms with Crippen molar-refractivity contribution in [1.29, 1.82) is 0 Å². The summed E-state index contributed by atoms with van der Waals surface area (Å²) in [6.07, 6.45) is 0.878. The van der Waals surface area contributed by atoms with Gasteiger partial charge < -0.3 is 9.47 Å². The quantitative estimate of drug-likeness (QED) is 0.647. The first-order valence-corrected chi connectivity index (χ1v) is 7.96. The molecule has 1 atom stereocenters. The van der Waals surface area contributed by atoms with Crippen LogP contribution >= 0.6 is 31.9 Å². The van der Waals surface area contributed by atoms with E-state index in [4.69, 9.17) is 9.47 Å². The van der Waals surface area contributed by atoms with E-state index in [0.717, 1.165) is 28.0 Å². The third kappa shape index (κ3) is 3.55. The number of halogens is 2. The van der Waals surface area contributed by atoms with E-state index in [1.165, 1.54) is 5.56 Å². The Labute approximate surface area is 136 Å². The van der Waals surface area contributed by atoms with Gasteiger partial charge in [-0.1, -0.05) is 56.1 Å². The van der Waals surface area contributed by atoms with E-state index in [1.54, 1.807) is 14.2 Å². The number of hydrogen-bond acceptors (Lipinski definition) is 2. The Kier molecular flexibility index (Phi) is 5.49. The van der Waals surface area contributed by atoms with Crippen LogP contribution < -0.4 is 9.47 Å². The second-order valence-corrected chi connectivity index (χ2v) is 6.41. The molecule has 0 heterocycles. The molecule has 0 aromatic heterocycles. The Morgan fingerprint density at radius 1 is 1.05 bits per heavy atom. The summed E-state index contributed by atoms with van der Waals surface area (Å²) >= 11 is 7.25. The molecule has 2 aromatic carbocycles. The molecular weight excluding hydrogens is 384 g/mol. The average Bonchev–Trinajstić information content (AvgIpc) is 2.46. The van der Waals surface area contributed by atoms with E-state index in [9.17, 15) is 0 Å². The molecule has 0 saturated carbocycles. The summed E-state index contributed by atoms with van der Waals surface area (Å²) in [5.74, 6) is 1.54. The number of hydrogen-bond donors (Lipinski definition) is 0. The first-order valence-electron chi connectivity index (χ1n) is 6.25. The topological polar surface area (TPSA) is 18.5 Å². The number of alkyl halides is 1. The highest BCUT2D eigenvalue weighted by Gasteiger charge is 2.17. The van der Waals surface area contributed by atoms with Gasteiger partial charge in [0.15, 0.2) is 11.5 Å². The van der Waals surface area contributed by atoms with Crippen LogP contribution in [0, 0.1) is 0 Å². The molecule has 0 radical (unpaired) electrons. The highest BCUT2D eigenvalue weighted by Crippen LogP contribution is 2.39. The van der Waals surface area contributed by atoms with Gasteiger partial charge >= 0.3 is 0 Å². The van der Waals surface area contributed by atoms with Crippen LogP contribution in [0.3, 0.4) is 0 Å². The average molecular weight is 400 g/mol. The van der Waals surface area contributed by atoms with E-state index >= 15 is 0 Å². The van der Waals surface area contributed by atoms with Gasteiger partial charge in [0.05, 0.1) is 14.2 Å². The van der Waals surface area contributed by atoms with Crippen LogP contribution in [0.25, 0.3) is 0 Å². The normalized spacial score (nSPS) is 12.0. The van der Waals surface area contributed by atoms with Gasteiger partial charge in [0.1, 0.15) is 0 Å². The van der Waals surface area contributed by atoms with Crippen molar-refractivity contribution in [2.24, 2.45) is 0 Å². The van der Waals surface area contributed by atoms with Crippen LogP contribution in [-0.4, -0.2) is 14.2 Å². The first kappa shape index (κ1) is 15.4. The molecule has 2 aromatic rings. The number of benzene rings is 2. The minimum atomic E-state index is 0.168. The standard InChI is InChI=1S/C16H16Br2O2/c1-19-15-8-4-7-13(16(15)20-2)14(18)10-11-5-3-6-12(17)9-11/h3-9,14H,10H2,1-2H3. The fraction of sp³-hybridized carbons (Fsp3) is 0.250. The zero-order chi connectivity index (χ0) is 14.5. The van der Waals surface area contributed by atoms with E-state index in [-0.39, 0.29) is 4.83 Å². The lowest BCUT2D eigenvalue weighted by atomic mass is 10.0. The van der Waals surface area contributed by atoms with E-state index in [1.807, 2.05) is 24.3 Å². The summed E-state index contributed by atoms with van der Waals surface area (Å²) in [5.41, 5.74) is 2.35. The minimum absolute atomic E-state index is 0.168. The molecule has 4 heteroatoms. The molecule has 106 valence electrons. The summed E-state index contributed by atoms with van der Waals surface area (Å²) in [6, 6.07) is 14.2. The number of ether oxygens (including phenoxy) is 2. The Morgan fingerprint density at radius 2 is 1.80 bits per heavy atom. The molecule has 2 nitrogen and oxygen atoms in total. The Hall–Kier alpha value is -1.00. The lowest BCUT2D eigenvalue weighted by Gasteiger charge is -2.17. The summed E-state index contributed by atoms with van der Waals surface area (Å²) in [5, 5.41) is 0. The molecule has 20 heavy (non-hydrogen) atoms. The molecule has 2 rings (SSSR count). The summed E-state index contributed by atoms with van der Waals surface area (Å²) < 4.78 is 11.9. The SMILES string of the molecule is COc1cccc(C(Br)Cc2cccc(Br)c2)c1OC. The van der Waals surface area contributed by atoms with Crippen LogP contribution in [0.5, 0.6) is 11.5 Å². The molecule has 0 spiro atoms. The third-order valence-corrected chi connectivity index (χ3v) is 4.39. The highest BCUT2D eigenvalue weighted by atomic mass is 79.9. The van der Waals surface area contributed by atoms with Gasteiger partial charge in [-0.05, 0) is 30.2 Å². The maximum absolute atomic E-state index is 5.49. The van der Waals surface area contributed by atoms with Crippen molar-refractivity contribution in [3.63, 3.8) is 0 Å². The molecule has 0 saturated heterocycles. The van der Waals surface area contributed by atoms with Gasteiger partial charge in [-0.25, -0.2) is 0 Å². The van der Waals surface area contributed by atoms with Crippen LogP contribution in [0.4, 0.5) is 0 Å². The zero-order valence-corrected chi connectivity index (χ0v) is 14.6. The molecule has 0 aliphatic heterocycles.